The van der Waals surface area contributed by atoms with Gasteiger partial charge in [-0.05, 0) is 57.1 Å². The van der Waals surface area contributed by atoms with Crippen molar-refractivity contribution in [2.75, 3.05) is 0 Å². The molecule has 11 aromatic rings. The van der Waals surface area contributed by atoms with E-state index in [2.05, 4.69) is 91.0 Å². The Labute approximate surface area is 360 Å². The Bertz CT molecular complexity index is 3560. The van der Waals surface area contributed by atoms with Crippen LogP contribution in [0, 0.1) is 0 Å². The zero-order chi connectivity index (χ0) is 44.0. The predicted molar refractivity (Wildman–Crippen MR) is 252 cm³/mol. The van der Waals surface area contributed by atoms with E-state index in [-0.39, 0.29) is 24.2 Å². The highest BCUT2D eigenvalue weighted by atomic mass is 15.0. The van der Waals surface area contributed by atoms with Gasteiger partial charge in [0.1, 0.15) is 0 Å². The largest absolute Gasteiger partial charge is 0.309 e. The molecule has 0 unspecified atom stereocenters. The van der Waals surface area contributed by atoms with Crippen molar-refractivity contribution in [2.45, 2.75) is 0 Å². The summed E-state index contributed by atoms with van der Waals surface area (Å²) < 4.78 is 37.9. The molecule has 0 aliphatic carbocycles. The third-order valence-corrected chi connectivity index (χ3v) is 11.2. The van der Waals surface area contributed by atoms with E-state index in [1.807, 2.05) is 120 Å². The Kier molecular flexibility index (Phi) is 8.07. The minimum atomic E-state index is -0.273. The van der Waals surface area contributed by atoms with Crippen molar-refractivity contribution < 1.29 is 5.48 Å². The van der Waals surface area contributed by atoms with Gasteiger partial charge in [-0.25, -0.2) is 15.0 Å². The number of aromatic nitrogens is 4. The van der Waals surface area contributed by atoms with Crippen molar-refractivity contribution in [3.05, 3.63) is 230 Å². The van der Waals surface area contributed by atoms with Crippen molar-refractivity contribution in [2.24, 2.45) is 0 Å². The van der Waals surface area contributed by atoms with Crippen LogP contribution in [0.2, 0.25) is 0 Å². The first-order chi connectivity index (χ1) is 31.9. The summed E-state index contributed by atoms with van der Waals surface area (Å²) in [7, 11) is 0. The van der Waals surface area contributed by atoms with Gasteiger partial charge < -0.3 is 4.57 Å². The van der Waals surface area contributed by atoms with Crippen molar-refractivity contribution >= 4 is 21.8 Å². The van der Waals surface area contributed by atoms with Crippen LogP contribution < -0.4 is 0 Å². The SMILES string of the molecule is [2H]c1c([2H])c([2H])c2c(c1[2H])c1cccc(-c3ccccc3-c3ccccc3)c1n2-c1cccc(-c2ccc(-c3nc(-c4ccccc4)nc(-c4ccc(-c5ccccc5)cc4)n3)cc2)c1. The monoisotopic (exact) mass is 782 g/mol. The number of para-hydroxylation sites is 2. The summed E-state index contributed by atoms with van der Waals surface area (Å²) in [6, 6.07) is 68.7. The maximum absolute atomic E-state index is 9.28. The molecule has 4 nitrogen and oxygen atoms in total. The molecular formula is C57H38N4. The van der Waals surface area contributed by atoms with Gasteiger partial charge in [0, 0.05) is 38.7 Å². The molecule has 0 amide bonds. The predicted octanol–water partition coefficient (Wildman–Crippen LogP) is 14.6. The van der Waals surface area contributed by atoms with Crippen LogP contribution in [0.3, 0.4) is 0 Å². The third-order valence-electron chi connectivity index (χ3n) is 11.2. The number of hydrogen-bond acceptors (Lipinski definition) is 3. The normalized spacial score (nSPS) is 12.2. The second-order valence-electron chi connectivity index (χ2n) is 14.9. The van der Waals surface area contributed by atoms with Gasteiger partial charge in [-0.2, -0.15) is 0 Å². The minimum absolute atomic E-state index is 0.0638. The smallest absolute Gasteiger partial charge is 0.164 e. The van der Waals surface area contributed by atoms with E-state index >= 15 is 0 Å². The average Bonchev–Trinajstić information content (AvgIpc) is 3.74. The van der Waals surface area contributed by atoms with Crippen molar-refractivity contribution in [3.8, 4) is 84.4 Å². The van der Waals surface area contributed by atoms with E-state index in [1.54, 1.807) is 0 Å². The van der Waals surface area contributed by atoms with Crippen LogP contribution in [0.15, 0.2) is 230 Å². The van der Waals surface area contributed by atoms with Crippen LogP contribution in [0.5, 0.6) is 0 Å². The Morgan fingerprint density at radius 1 is 0.328 bits per heavy atom. The topological polar surface area (TPSA) is 43.6 Å². The van der Waals surface area contributed by atoms with Crippen molar-refractivity contribution in [1.82, 2.24) is 19.5 Å². The van der Waals surface area contributed by atoms with Crippen LogP contribution >= 0.6 is 0 Å². The third kappa shape index (κ3) is 6.76. The van der Waals surface area contributed by atoms with Gasteiger partial charge in [0.2, 0.25) is 0 Å². The average molecular weight is 783 g/mol. The molecule has 0 saturated carbocycles. The summed E-state index contributed by atoms with van der Waals surface area (Å²) in [4.78, 5) is 14.9. The lowest BCUT2D eigenvalue weighted by Crippen LogP contribution is -2.00. The minimum Gasteiger partial charge on any atom is -0.309 e. The van der Waals surface area contributed by atoms with Gasteiger partial charge in [0.05, 0.1) is 16.5 Å². The molecule has 0 aliphatic rings. The summed E-state index contributed by atoms with van der Waals surface area (Å²) in [5.41, 5.74) is 12.8. The molecule has 0 bridgehead atoms. The zero-order valence-electron chi connectivity index (χ0n) is 36.9. The van der Waals surface area contributed by atoms with E-state index in [9.17, 15) is 1.37 Å². The summed E-state index contributed by atoms with van der Waals surface area (Å²) in [5.74, 6) is 1.73. The molecule has 0 saturated heterocycles. The van der Waals surface area contributed by atoms with E-state index in [0.717, 1.165) is 77.8 Å². The van der Waals surface area contributed by atoms with Crippen LogP contribution in [0.25, 0.3) is 106 Å². The summed E-state index contributed by atoms with van der Waals surface area (Å²) in [5, 5.41) is 1.24. The molecule has 2 heterocycles. The van der Waals surface area contributed by atoms with Crippen LogP contribution in [0.4, 0.5) is 0 Å². The number of nitrogens with zero attached hydrogens (tertiary/aromatic N) is 4. The van der Waals surface area contributed by atoms with Crippen LogP contribution in [0.1, 0.15) is 5.48 Å². The second kappa shape index (κ2) is 15.5. The number of rotatable bonds is 8. The van der Waals surface area contributed by atoms with Gasteiger partial charge in [-0.1, -0.05) is 212 Å². The molecule has 0 atom stereocenters. The molecule has 286 valence electrons. The fraction of sp³-hybridized carbons (Fsp3) is 0. The summed E-state index contributed by atoms with van der Waals surface area (Å²) in [6.07, 6.45) is 0. The van der Waals surface area contributed by atoms with E-state index in [1.165, 1.54) is 0 Å². The molecule has 9 aromatic carbocycles. The van der Waals surface area contributed by atoms with Crippen molar-refractivity contribution in [3.63, 3.8) is 0 Å². The first-order valence-electron chi connectivity index (χ1n) is 22.3. The molecule has 0 radical (unpaired) electrons. The molecule has 11 rings (SSSR count). The van der Waals surface area contributed by atoms with Gasteiger partial charge in [-0.15, -0.1) is 0 Å². The molecule has 0 aliphatic heterocycles. The second-order valence-corrected chi connectivity index (χ2v) is 14.9. The number of hydrogen-bond donors (Lipinski definition) is 0. The summed E-state index contributed by atoms with van der Waals surface area (Å²) >= 11 is 0. The Morgan fingerprint density at radius 3 is 1.41 bits per heavy atom. The molecule has 61 heavy (non-hydrogen) atoms. The first kappa shape index (κ1) is 31.7. The van der Waals surface area contributed by atoms with Gasteiger partial charge >= 0.3 is 0 Å². The molecule has 4 heteroatoms. The quantitative estimate of drug-likeness (QED) is 0.154. The molecule has 0 spiro atoms. The number of fused-ring (bicyclic) bond motifs is 3. The lowest BCUT2D eigenvalue weighted by molar-refractivity contribution is 1.07. The molecule has 0 N–H and O–H groups in total. The Hall–Kier alpha value is -8.21. The van der Waals surface area contributed by atoms with Crippen LogP contribution in [-0.4, -0.2) is 19.5 Å². The number of benzene rings is 9. The van der Waals surface area contributed by atoms with Gasteiger partial charge in [0.15, 0.2) is 17.5 Å². The lowest BCUT2D eigenvalue weighted by Gasteiger charge is -2.15. The lowest BCUT2D eigenvalue weighted by atomic mass is 9.93. The maximum Gasteiger partial charge on any atom is 0.164 e. The molecule has 0 fully saturated rings. The fourth-order valence-electron chi connectivity index (χ4n) is 8.26. The highest BCUT2D eigenvalue weighted by Crippen LogP contribution is 2.42. The van der Waals surface area contributed by atoms with E-state index in [4.69, 9.17) is 19.1 Å². The van der Waals surface area contributed by atoms with E-state index < -0.39 is 0 Å². The highest BCUT2D eigenvalue weighted by molar-refractivity contribution is 6.14. The molecule has 2 aromatic heterocycles. The van der Waals surface area contributed by atoms with Crippen molar-refractivity contribution in [1.29, 1.82) is 0 Å². The summed E-state index contributed by atoms with van der Waals surface area (Å²) in [6.45, 7) is 0. The van der Waals surface area contributed by atoms with Crippen LogP contribution in [-0.2, 0) is 0 Å². The Morgan fingerprint density at radius 2 is 0.770 bits per heavy atom. The standard InChI is InChI=1S/C57H38N4/c1-4-16-39(17-5-1)40-30-34-44(35-31-40)56-58-55(43-20-8-3-9-21-43)59-57(60-56)45-36-32-41(33-37-45)46-22-14-23-47(38-46)61-53-29-13-12-26-50(53)52-28-15-27-51(54(52)61)49-25-11-10-24-48(49)42-18-6-2-7-19-42/h1-38H/i12D,13D,26D,29D. The zero-order valence-corrected chi connectivity index (χ0v) is 32.9. The van der Waals surface area contributed by atoms with Gasteiger partial charge in [0.25, 0.3) is 0 Å². The fourth-order valence-corrected chi connectivity index (χ4v) is 8.26. The highest BCUT2D eigenvalue weighted by Gasteiger charge is 2.19. The first-order valence-corrected chi connectivity index (χ1v) is 20.3. The maximum atomic E-state index is 9.28. The van der Waals surface area contributed by atoms with Gasteiger partial charge in [-0.3, -0.25) is 0 Å². The Balaban J connectivity index is 1.03. The molecular weight excluding hydrogens is 741 g/mol. The van der Waals surface area contributed by atoms with E-state index in [0.29, 0.717) is 28.4 Å².